The number of fused-ring (bicyclic) bond motifs is 3. The van der Waals surface area contributed by atoms with Crippen LogP contribution in [0.2, 0.25) is 0 Å². The number of ether oxygens (including phenoxy) is 2. The average molecular weight is 522 g/mol. The van der Waals surface area contributed by atoms with Gasteiger partial charge in [-0.3, -0.25) is 14.4 Å². The van der Waals surface area contributed by atoms with E-state index in [1.807, 2.05) is 50.3 Å². The van der Waals surface area contributed by atoms with Crippen molar-refractivity contribution in [2.45, 2.75) is 56.6 Å². The van der Waals surface area contributed by atoms with E-state index in [1.54, 1.807) is 21.7 Å². The summed E-state index contributed by atoms with van der Waals surface area (Å²) in [5, 5.41) is 18.7. The van der Waals surface area contributed by atoms with E-state index in [4.69, 9.17) is 9.47 Å². The number of rotatable bonds is 6. The van der Waals surface area contributed by atoms with Gasteiger partial charge in [0.1, 0.15) is 42.0 Å². The lowest BCUT2D eigenvalue weighted by atomic mass is 9.73. The number of hydrogen-bond acceptors (Lipinski definition) is 8. The first-order valence-electron chi connectivity index (χ1n) is 13.1. The minimum absolute atomic E-state index is 0.101. The normalized spacial score (nSPS) is 33.1. The molecule has 2 fully saturated rings. The molecule has 6 atom stereocenters. The molecule has 2 aromatic rings. The van der Waals surface area contributed by atoms with Crippen LogP contribution in [0.4, 0.5) is 0 Å². The third kappa shape index (κ3) is 3.31. The Kier molecular flexibility index (Phi) is 5.88. The van der Waals surface area contributed by atoms with Crippen molar-refractivity contribution in [3.05, 3.63) is 48.6 Å². The zero-order valence-corrected chi connectivity index (χ0v) is 21.4. The smallest absolute Gasteiger partial charge is 0.313 e. The number of hydrogen-bond donors (Lipinski definition) is 1. The molecule has 1 unspecified atom stereocenters. The SMILES string of the molecule is CC[C@@H](CO)N1C(=O)[C@@H]2[C@H]3C(=O)OCC=C[C@@]3(CC)O[C@@]23C=CCN(Cn2nnc4ccccc42)C(=O)C13. The number of aliphatic hydroxyl groups is 1. The second kappa shape index (κ2) is 9.02. The lowest BCUT2D eigenvalue weighted by Gasteiger charge is -2.40. The zero-order valence-electron chi connectivity index (χ0n) is 21.4. The van der Waals surface area contributed by atoms with Gasteiger partial charge in [0.05, 0.1) is 24.1 Å². The Morgan fingerprint density at radius 1 is 1.11 bits per heavy atom. The predicted octanol–water partition coefficient (Wildman–Crippen LogP) is 1.03. The molecule has 6 rings (SSSR count). The summed E-state index contributed by atoms with van der Waals surface area (Å²) in [5.74, 6) is -3.10. The van der Waals surface area contributed by atoms with E-state index < -0.39 is 41.1 Å². The van der Waals surface area contributed by atoms with Crippen LogP contribution in [0.25, 0.3) is 11.0 Å². The van der Waals surface area contributed by atoms with Crippen molar-refractivity contribution in [2.75, 3.05) is 19.8 Å². The molecule has 1 spiro atoms. The van der Waals surface area contributed by atoms with E-state index in [2.05, 4.69) is 10.3 Å². The summed E-state index contributed by atoms with van der Waals surface area (Å²) < 4.78 is 13.9. The Balaban J connectivity index is 1.46. The zero-order chi connectivity index (χ0) is 26.7. The van der Waals surface area contributed by atoms with E-state index in [1.165, 1.54) is 4.90 Å². The summed E-state index contributed by atoms with van der Waals surface area (Å²) in [7, 11) is 0. The first-order chi connectivity index (χ1) is 18.4. The number of amides is 2. The van der Waals surface area contributed by atoms with Gasteiger partial charge in [0.2, 0.25) is 5.91 Å². The summed E-state index contributed by atoms with van der Waals surface area (Å²) >= 11 is 0. The molecule has 2 saturated heterocycles. The van der Waals surface area contributed by atoms with Crippen LogP contribution in [0, 0.1) is 11.8 Å². The van der Waals surface area contributed by atoms with Crippen molar-refractivity contribution in [3.8, 4) is 0 Å². The van der Waals surface area contributed by atoms with Gasteiger partial charge in [-0.25, -0.2) is 4.68 Å². The van der Waals surface area contributed by atoms with Crippen molar-refractivity contribution in [1.29, 1.82) is 0 Å². The number of carbonyl (C=O) groups is 3. The minimum Gasteiger partial charge on any atom is -0.461 e. The van der Waals surface area contributed by atoms with Gasteiger partial charge in [0.25, 0.3) is 5.91 Å². The van der Waals surface area contributed by atoms with Gasteiger partial charge in [-0.05, 0) is 31.1 Å². The molecule has 0 bridgehead atoms. The lowest BCUT2D eigenvalue weighted by Crippen LogP contribution is -2.58. The average Bonchev–Trinajstić information content (AvgIpc) is 3.46. The Morgan fingerprint density at radius 2 is 1.92 bits per heavy atom. The van der Waals surface area contributed by atoms with Crippen molar-refractivity contribution >= 4 is 28.8 Å². The third-order valence-corrected chi connectivity index (χ3v) is 8.52. The van der Waals surface area contributed by atoms with Gasteiger partial charge in [0.15, 0.2) is 0 Å². The first kappa shape index (κ1) is 24.7. The quantitative estimate of drug-likeness (QED) is 0.441. The number of likely N-dealkylation sites (tertiary alicyclic amines) is 1. The van der Waals surface area contributed by atoms with Crippen LogP contribution < -0.4 is 0 Å². The van der Waals surface area contributed by atoms with Crippen LogP contribution in [0.15, 0.2) is 48.6 Å². The predicted molar refractivity (Wildman–Crippen MR) is 134 cm³/mol. The highest BCUT2D eigenvalue weighted by Gasteiger charge is 2.76. The van der Waals surface area contributed by atoms with Crippen LogP contribution in [-0.4, -0.2) is 90.7 Å². The highest BCUT2D eigenvalue weighted by Crippen LogP contribution is 2.58. The van der Waals surface area contributed by atoms with E-state index >= 15 is 0 Å². The fourth-order valence-electron chi connectivity index (χ4n) is 6.70. The monoisotopic (exact) mass is 521 g/mol. The molecule has 0 radical (unpaired) electrons. The molecule has 1 aromatic carbocycles. The number of cyclic esters (lactones) is 1. The Hall–Kier alpha value is -3.57. The van der Waals surface area contributed by atoms with E-state index in [9.17, 15) is 19.5 Å². The molecule has 0 saturated carbocycles. The molecule has 11 heteroatoms. The summed E-state index contributed by atoms with van der Waals surface area (Å²) in [6.45, 7) is 3.90. The van der Waals surface area contributed by atoms with Crippen molar-refractivity contribution < 1.29 is 29.0 Å². The third-order valence-electron chi connectivity index (χ3n) is 8.52. The summed E-state index contributed by atoms with van der Waals surface area (Å²) in [5.41, 5.74) is -0.988. The highest BCUT2D eigenvalue weighted by atomic mass is 16.6. The van der Waals surface area contributed by atoms with Gasteiger partial charge in [-0.2, -0.15) is 0 Å². The molecule has 1 N–H and O–H groups in total. The Morgan fingerprint density at radius 3 is 2.68 bits per heavy atom. The van der Waals surface area contributed by atoms with Crippen LogP contribution in [0.3, 0.4) is 0 Å². The topological polar surface area (TPSA) is 127 Å². The second-order valence-electron chi connectivity index (χ2n) is 10.3. The maximum atomic E-state index is 14.4. The molecular weight excluding hydrogens is 490 g/mol. The summed E-state index contributed by atoms with van der Waals surface area (Å²) in [4.78, 5) is 45.0. The molecule has 11 nitrogen and oxygen atoms in total. The Bertz CT molecular complexity index is 1350. The first-order valence-corrected chi connectivity index (χ1v) is 13.1. The molecule has 4 aliphatic heterocycles. The molecule has 0 aliphatic carbocycles. The summed E-state index contributed by atoms with van der Waals surface area (Å²) in [6, 6.07) is 5.80. The molecule has 38 heavy (non-hydrogen) atoms. The van der Waals surface area contributed by atoms with E-state index in [0.29, 0.717) is 18.4 Å². The van der Waals surface area contributed by atoms with Crippen molar-refractivity contribution in [1.82, 2.24) is 24.8 Å². The molecule has 200 valence electrons. The second-order valence-corrected chi connectivity index (χ2v) is 10.3. The largest absolute Gasteiger partial charge is 0.461 e. The molecule has 1 aromatic heterocycles. The number of benzene rings is 1. The molecule has 2 amide bonds. The van der Waals surface area contributed by atoms with Gasteiger partial charge in [-0.1, -0.05) is 49.4 Å². The van der Waals surface area contributed by atoms with Gasteiger partial charge in [0, 0.05) is 6.54 Å². The maximum absolute atomic E-state index is 14.4. The van der Waals surface area contributed by atoms with Crippen LogP contribution in [-0.2, 0) is 30.5 Å². The number of nitrogens with zero attached hydrogens (tertiary/aromatic N) is 5. The highest BCUT2D eigenvalue weighted by molar-refractivity contribution is 5.99. The van der Waals surface area contributed by atoms with E-state index in [0.717, 1.165) is 5.52 Å². The van der Waals surface area contributed by atoms with Crippen molar-refractivity contribution in [2.24, 2.45) is 11.8 Å². The van der Waals surface area contributed by atoms with Crippen LogP contribution >= 0.6 is 0 Å². The van der Waals surface area contributed by atoms with Gasteiger partial charge < -0.3 is 24.4 Å². The Labute approximate surface area is 219 Å². The minimum atomic E-state index is -1.39. The fraction of sp³-hybridized carbons (Fsp3) is 0.519. The van der Waals surface area contributed by atoms with E-state index in [-0.39, 0.29) is 38.2 Å². The lowest BCUT2D eigenvalue weighted by molar-refractivity contribution is -0.161. The number of aliphatic hydroxyl groups excluding tert-OH is 1. The number of esters is 1. The standard InChI is InChI=1S/C27H31N5O6/c1-3-17(15-33)32-22-24(35)30(16-31-19-10-6-5-9-18(19)28-29-31)13-7-12-27(22)20(23(32)34)21-25(36)37-14-8-11-26(21,4-2)38-27/h5-12,17,20-22,33H,3-4,13-16H2,1-2H3/t17-,20-,21-,22?,26+,27-/m0/s1. The van der Waals surface area contributed by atoms with Gasteiger partial charge >= 0.3 is 5.97 Å². The molecule has 5 heterocycles. The fourth-order valence-corrected chi connectivity index (χ4v) is 6.70. The van der Waals surface area contributed by atoms with Crippen LogP contribution in [0.1, 0.15) is 26.7 Å². The van der Waals surface area contributed by atoms with Crippen LogP contribution in [0.5, 0.6) is 0 Å². The summed E-state index contributed by atoms with van der Waals surface area (Å²) in [6.07, 6.45) is 8.02. The molecular formula is C27H31N5O6. The number of carbonyl (C=O) groups excluding carboxylic acids is 3. The number of para-hydroxylation sites is 1. The molecule has 4 aliphatic rings. The van der Waals surface area contributed by atoms with Gasteiger partial charge in [-0.15, -0.1) is 5.10 Å². The maximum Gasteiger partial charge on any atom is 0.313 e. The van der Waals surface area contributed by atoms with Crippen molar-refractivity contribution in [3.63, 3.8) is 0 Å². The number of aromatic nitrogens is 3.